The van der Waals surface area contributed by atoms with E-state index in [9.17, 15) is 13.2 Å². The fraction of sp³-hybridized carbons (Fsp3) is 0.400. The second-order valence-corrected chi connectivity index (χ2v) is 8.79. The molecule has 1 aliphatic rings. The highest BCUT2D eigenvalue weighted by Gasteiger charge is 2.25. The van der Waals surface area contributed by atoms with Crippen LogP contribution in [0.5, 0.6) is 5.88 Å². The Morgan fingerprint density at radius 3 is 2.34 bits per heavy atom. The number of hydrogen-bond donors (Lipinski definition) is 2. The van der Waals surface area contributed by atoms with Crippen LogP contribution >= 0.6 is 0 Å². The molecule has 2 heterocycles. The van der Waals surface area contributed by atoms with Crippen molar-refractivity contribution in [3.63, 3.8) is 0 Å². The Morgan fingerprint density at radius 2 is 1.69 bits per heavy atom. The molecule has 8 nitrogen and oxygen atoms in total. The van der Waals surface area contributed by atoms with Gasteiger partial charge in [-0.2, -0.15) is 4.31 Å². The summed E-state index contributed by atoms with van der Waals surface area (Å²) in [4.78, 5) is 16.3. The number of sulfonamides is 1. The molecule has 1 aromatic carbocycles. The zero-order valence-corrected chi connectivity index (χ0v) is 17.2. The third-order valence-corrected chi connectivity index (χ3v) is 6.70. The van der Waals surface area contributed by atoms with Crippen LogP contribution < -0.4 is 15.4 Å². The zero-order chi connectivity index (χ0) is 20.7. The van der Waals surface area contributed by atoms with E-state index in [2.05, 4.69) is 15.6 Å². The molecule has 1 fully saturated rings. The normalized spacial score (nSPS) is 14.9. The number of benzene rings is 1. The first kappa shape index (κ1) is 21.1. The molecule has 3 rings (SSSR count). The van der Waals surface area contributed by atoms with Crippen LogP contribution in [-0.2, 0) is 23.1 Å². The average molecular weight is 419 g/mol. The van der Waals surface area contributed by atoms with Crippen molar-refractivity contribution in [1.29, 1.82) is 0 Å². The molecule has 156 valence electrons. The molecule has 0 bridgehead atoms. The molecule has 0 unspecified atom stereocenters. The second-order valence-electron chi connectivity index (χ2n) is 6.85. The van der Waals surface area contributed by atoms with E-state index in [0.717, 1.165) is 30.4 Å². The van der Waals surface area contributed by atoms with E-state index in [0.29, 0.717) is 37.0 Å². The number of aromatic nitrogens is 1. The Hall–Kier alpha value is -2.65. The van der Waals surface area contributed by atoms with Crippen LogP contribution in [0.1, 0.15) is 30.4 Å². The summed E-state index contributed by atoms with van der Waals surface area (Å²) in [6.45, 7) is 1.80. The summed E-state index contributed by atoms with van der Waals surface area (Å²) >= 11 is 0. The lowest BCUT2D eigenvalue weighted by Gasteiger charge is -2.25. The molecular weight excluding hydrogens is 392 g/mol. The summed E-state index contributed by atoms with van der Waals surface area (Å²) in [6, 6.07) is 9.89. The molecule has 1 saturated heterocycles. The van der Waals surface area contributed by atoms with E-state index in [-0.39, 0.29) is 6.03 Å². The maximum absolute atomic E-state index is 12.7. The Kier molecular flexibility index (Phi) is 7.05. The lowest BCUT2D eigenvalue weighted by atomic mass is 10.2. The first-order valence-electron chi connectivity index (χ1n) is 9.59. The van der Waals surface area contributed by atoms with Crippen LogP contribution in [0, 0.1) is 0 Å². The summed E-state index contributed by atoms with van der Waals surface area (Å²) < 4.78 is 31.9. The number of carbonyl (C=O) groups is 1. The fourth-order valence-electron chi connectivity index (χ4n) is 3.13. The lowest BCUT2D eigenvalue weighted by molar-refractivity contribution is 0.240. The molecule has 0 spiro atoms. The quantitative estimate of drug-likeness (QED) is 0.718. The van der Waals surface area contributed by atoms with Crippen molar-refractivity contribution in [3.05, 3.63) is 53.7 Å². The molecule has 2 aromatic rings. The predicted molar refractivity (Wildman–Crippen MR) is 109 cm³/mol. The first-order chi connectivity index (χ1) is 14.0. The fourth-order valence-corrected chi connectivity index (χ4v) is 4.65. The van der Waals surface area contributed by atoms with Crippen molar-refractivity contribution in [3.8, 4) is 5.88 Å². The number of ether oxygens (including phenoxy) is 1. The third-order valence-electron chi connectivity index (χ3n) is 4.79. The Labute approximate surface area is 171 Å². The summed E-state index contributed by atoms with van der Waals surface area (Å²) in [5, 5.41) is 5.53. The minimum atomic E-state index is -3.44. The molecular formula is C20H26N4O4S. The van der Waals surface area contributed by atoms with Gasteiger partial charge in [0.2, 0.25) is 15.9 Å². The van der Waals surface area contributed by atoms with Gasteiger partial charge in [-0.3, -0.25) is 0 Å². The largest absolute Gasteiger partial charge is 0.481 e. The number of rotatable bonds is 7. The molecule has 0 atom stereocenters. The maximum Gasteiger partial charge on any atom is 0.315 e. The van der Waals surface area contributed by atoms with Crippen LogP contribution in [-0.4, -0.2) is 43.9 Å². The van der Waals surface area contributed by atoms with Gasteiger partial charge in [0.15, 0.2) is 0 Å². The Bertz CT molecular complexity index is 926. The summed E-state index contributed by atoms with van der Waals surface area (Å²) in [5.41, 5.74) is 1.70. The SMILES string of the molecule is COc1cc(CNC(=O)NCc2ccc(S(=O)(=O)N3CCCCC3)cc2)ccn1. The Balaban J connectivity index is 1.50. The van der Waals surface area contributed by atoms with Gasteiger partial charge in [-0.05, 0) is 42.2 Å². The number of carbonyl (C=O) groups excluding carboxylic acids is 1. The predicted octanol–water partition coefficient (Wildman–Crippen LogP) is 2.26. The van der Waals surface area contributed by atoms with Crippen molar-refractivity contribution >= 4 is 16.1 Å². The van der Waals surface area contributed by atoms with Gasteiger partial charge >= 0.3 is 6.03 Å². The molecule has 0 aliphatic carbocycles. The number of pyridine rings is 1. The minimum Gasteiger partial charge on any atom is -0.481 e. The summed E-state index contributed by atoms with van der Waals surface area (Å²) in [7, 11) is -1.90. The van der Waals surface area contributed by atoms with Gasteiger partial charge in [-0.25, -0.2) is 18.2 Å². The maximum atomic E-state index is 12.7. The van der Waals surface area contributed by atoms with Gasteiger partial charge in [-0.15, -0.1) is 0 Å². The highest BCUT2D eigenvalue weighted by atomic mass is 32.2. The topological polar surface area (TPSA) is 101 Å². The molecule has 2 N–H and O–H groups in total. The van der Waals surface area contributed by atoms with Crippen molar-refractivity contribution in [1.82, 2.24) is 19.9 Å². The number of nitrogens with zero attached hydrogens (tertiary/aromatic N) is 2. The molecule has 9 heteroatoms. The van der Waals surface area contributed by atoms with Crippen LogP contribution in [0.4, 0.5) is 4.79 Å². The smallest absolute Gasteiger partial charge is 0.315 e. The van der Waals surface area contributed by atoms with Crippen LogP contribution in [0.3, 0.4) is 0 Å². The van der Waals surface area contributed by atoms with E-state index >= 15 is 0 Å². The monoisotopic (exact) mass is 418 g/mol. The van der Waals surface area contributed by atoms with Crippen LogP contribution in [0.25, 0.3) is 0 Å². The summed E-state index contributed by atoms with van der Waals surface area (Å²) in [5.74, 6) is 0.490. The number of methoxy groups -OCH3 is 1. The van der Waals surface area contributed by atoms with Gasteiger partial charge in [-0.1, -0.05) is 18.6 Å². The van der Waals surface area contributed by atoms with E-state index < -0.39 is 10.0 Å². The Morgan fingerprint density at radius 1 is 1.03 bits per heavy atom. The summed E-state index contributed by atoms with van der Waals surface area (Å²) in [6.07, 6.45) is 4.51. The molecule has 1 aromatic heterocycles. The number of piperidine rings is 1. The third kappa shape index (κ3) is 5.68. The highest BCUT2D eigenvalue weighted by molar-refractivity contribution is 7.89. The highest BCUT2D eigenvalue weighted by Crippen LogP contribution is 2.20. The minimum absolute atomic E-state index is 0.291. The average Bonchev–Trinajstić information content (AvgIpc) is 2.77. The number of amides is 2. The van der Waals surface area contributed by atoms with Crippen molar-refractivity contribution in [2.24, 2.45) is 0 Å². The molecule has 1 aliphatic heterocycles. The van der Waals surface area contributed by atoms with Crippen molar-refractivity contribution < 1.29 is 17.9 Å². The van der Waals surface area contributed by atoms with Crippen molar-refractivity contribution in [2.75, 3.05) is 20.2 Å². The standard InChI is InChI=1S/C20H26N4O4S/c1-28-19-13-17(9-10-21-19)15-23-20(25)22-14-16-5-7-18(8-6-16)29(26,27)24-11-3-2-4-12-24/h5-10,13H,2-4,11-12,14-15H2,1H3,(H2,22,23,25). The van der Waals surface area contributed by atoms with Crippen LogP contribution in [0.15, 0.2) is 47.5 Å². The van der Waals surface area contributed by atoms with Gasteiger partial charge in [0.05, 0.1) is 12.0 Å². The van der Waals surface area contributed by atoms with E-state index in [1.165, 1.54) is 7.11 Å². The number of urea groups is 1. The van der Waals surface area contributed by atoms with Gasteiger partial charge in [0.1, 0.15) is 0 Å². The van der Waals surface area contributed by atoms with Crippen LogP contribution in [0.2, 0.25) is 0 Å². The van der Waals surface area contributed by atoms with Gasteiger partial charge in [0.25, 0.3) is 0 Å². The van der Waals surface area contributed by atoms with E-state index in [1.54, 1.807) is 46.9 Å². The van der Waals surface area contributed by atoms with E-state index in [1.807, 2.05) is 0 Å². The van der Waals surface area contributed by atoms with Gasteiger partial charge < -0.3 is 15.4 Å². The first-order valence-corrected chi connectivity index (χ1v) is 11.0. The molecule has 2 amide bonds. The second kappa shape index (κ2) is 9.71. The molecule has 0 radical (unpaired) electrons. The van der Waals surface area contributed by atoms with Crippen molar-refractivity contribution in [2.45, 2.75) is 37.2 Å². The molecule has 0 saturated carbocycles. The molecule has 29 heavy (non-hydrogen) atoms. The number of hydrogen-bond acceptors (Lipinski definition) is 5. The van der Waals surface area contributed by atoms with Gasteiger partial charge in [0, 0.05) is 38.4 Å². The zero-order valence-electron chi connectivity index (χ0n) is 16.4. The lowest BCUT2D eigenvalue weighted by Crippen LogP contribution is -2.35. The number of nitrogens with one attached hydrogen (secondary N) is 2. The van der Waals surface area contributed by atoms with E-state index in [4.69, 9.17) is 4.74 Å².